The first-order valence-electron chi connectivity index (χ1n) is 9.90. The van der Waals surface area contributed by atoms with Gasteiger partial charge in [0.25, 0.3) is 0 Å². The van der Waals surface area contributed by atoms with Gasteiger partial charge in [-0.1, -0.05) is 92.3 Å². The Balaban J connectivity index is 1.66. The number of hydrogen-bond donors (Lipinski definition) is 0. The molecule has 7 heteroatoms. The van der Waals surface area contributed by atoms with E-state index in [0.717, 1.165) is 16.5 Å². The lowest BCUT2D eigenvalue weighted by atomic mass is 9.87. The topological polar surface area (TPSA) is 69.6 Å². The lowest BCUT2D eigenvalue weighted by Crippen LogP contribution is -2.10. The van der Waals surface area contributed by atoms with Crippen molar-refractivity contribution < 1.29 is 4.52 Å². The number of rotatable bonds is 6. The van der Waals surface area contributed by atoms with Crippen LogP contribution >= 0.6 is 11.8 Å². The summed E-state index contributed by atoms with van der Waals surface area (Å²) in [4.78, 5) is 4.28. The zero-order valence-electron chi connectivity index (χ0n) is 17.7. The van der Waals surface area contributed by atoms with Gasteiger partial charge in [-0.15, -0.1) is 10.2 Å². The summed E-state index contributed by atoms with van der Waals surface area (Å²) in [6, 6.07) is 18.9. The monoisotopic (exact) mass is 419 g/mol. The summed E-state index contributed by atoms with van der Waals surface area (Å²) < 4.78 is 7.23. The zero-order chi connectivity index (χ0) is 21.1. The van der Waals surface area contributed by atoms with Gasteiger partial charge in [0.2, 0.25) is 5.89 Å². The van der Waals surface area contributed by atoms with E-state index in [9.17, 15) is 0 Å². The highest BCUT2D eigenvalue weighted by molar-refractivity contribution is 7.98. The molecule has 4 rings (SSSR count). The summed E-state index contributed by atoms with van der Waals surface area (Å²) in [5.74, 6) is 2.65. The summed E-state index contributed by atoms with van der Waals surface area (Å²) in [6.45, 7) is 9.13. The second-order valence-corrected chi connectivity index (χ2v) is 9.17. The summed E-state index contributed by atoms with van der Waals surface area (Å²) in [6.07, 6.45) is 0. The third-order valence-electron chi connectivity index (χ3n) is 4.81. The molecule has 0 N–H and O–H groups in total. The summed E-state index contributed by atoms with van der Waals surface area (Å²) in [5, 5.41) is 13.8. The fourth-order valence-electron chi connectivity index (χ4n) is 3.17. The van der Waals surface area contributed by atoms with Crippen molar-refractivity contribution in [3.05, 3.63) is 77.4 Å². The van der Waals surface area contributed by atoms with Crippen LogP contribution in [-0.2, 0) is 17.7 Å². The van der Waals surface area contributed by atoms with Crippen molar-refractivity contribution in [1.82, 2.24) is 24.9 Å². The van der Waals surface area contributed by atoms with E-state index in [1.807, 2.05) is 18.2 Å². The molecule has 0 saturated carbocycles. The Morgan fingerprint density at radius 2 is 1.70 bits per heavy atom. The fraction of sp³-hybridized carbons (Fsp3) is 0.304. The van der Waals surface area contributed by atoms with Crippen LogP contribution in [0.15, 0.2) is 64.3 Å². The Kier molecular flexibility index (Phi) is 5.72. The molecule has 0 radical (unpaired) electrons. The van der Waals surface area contributed by atoms with Crippen molar-refractivity contribution in [2.24, 2.45) is 0 Å². The van der Waals surface area contributed by atoms with E-state index in [1.165, 1.54) is 11.1 Å². The molecule has 6 nitrogen and oxygen atoms in total. The van der Waals surface area contributed by atoms with E-state index in [1.54, 1.807) is 18.7 Å². The number of thioether (sulfide) groups is 1. The smallest absolute Gasteiger partial charge is 0.223 e. The van der Waals surface area contributed by atoms with Crippen LogP contribution in [0, 0.1) is 6.92 Å². The van der Waals surface area contributed by atoms with Gasteiger partial charge in [-0.2, -0.15) is 4.98 Å². The molecule has 0 amide bonds. The lowest BCUT2D eigenvalue weighted by Gasteiger charge is -2.19. The molecule has 154 valence electrons. The Hall–Kier alpha value is -2.93. The number of aryl methyl sites for hydroxylation is 1. The largest absolute Gasteiger partial charge is 0.340 e. The molecule has 0 atom stereocenters. The predicted molar refractivity (Wildman–Crippen MR) is 118 cm³/mol. The van der Waals surface area contributed by atoms with Crippen LogP contribution in [-0.4, -0.2) is 24.9 Å². The molecule has 2 heterocycles. The lowest BCUT2D eigenvalue weighted by molar-refractivity contribution is 0.389. The maximum atomic E-state index is 5.07. The molecule has 2 aromatic carbocycles. The van der Waals surface area contributed by atoms with Crippen LogP contribution in [0.3, 0.4) is 0 Å². The molecule has 0 aliphatic rings. The molecule has 0 saturated heterocycles. The van der Waals surface area contributed by atoms with Crippen molar-refractivity contribution in [3.63, 3.8) is 0 Å². The molecule has 0 unspecified atom stereocenters. The minimum atomic E-state index is 0.111. The standard InChI is InChI=1S/C23H25N5OS/c1-16-24-20(27-29-16)15-30-22-26-25-21(28(22)14-17-8-6-5-7-9-17)18-10-12-19(13-11-18)23(2,3)4/h5-13H,14-15H2,1-4H3. The highest BCUT2D eigenvalue weighted by Gasteiger charge is 2.18. The second-order valence-electron chi connectivity index (χ2n) is 8.22. The van der Waals surface area contributed by atoms with E-state index in [4.69, 9.17) is 4.52 Å². The maximum Gasteiger partial charge on any atom is 0.223 e. The summed E-state index contributed by atoms with van der Waals surface area (Å²) in [5.41, 5.74) is 3.65. The highest BCUT2D eigenvalue weighted by atomic mass is 32.2. The van der Waals surface area contributed by atoms with E-state index >= 15 is 0 Å². The minimum Gasteiger partial charge on any atom is -0.340 e. The van der Waals surface area contributed by atoms with Crippen molar-refractivity contribution in [2.45, 2.75) is 50.6 Å². The Labute approximate surface area is 180 Å². The molecule has 4 aromatic rings. The number of benzene rings is 2. The summed E-state index contributed by atoms with van der Waals surface area (Å²) >= 11 is 1.56. The van der Waals surface area contributed by atoms with Gasteiger partial charge in [0.05, 0.1) is 12.3 Å². The van der Waals surface area contributed by atoms with E-state index in [-0.39, 0.29) is 5.41 Å². The van der Waals surface area contributed by atoms with Gasteiger partial charge >= 0.3 is 0 Å². The van der Waals surface area contributed by atoms with Gasteiger partial charge in [0.1, 0.15) is 0 Å². The maximum absolute atomic E-state index is 5.07. The highest BCUT2D eigenvalue weighted by Crippen LogP contribution is 2.29. The first-order valence-corrected chi connectivity index (χ1v) is 10.9. The molecule has 0 bridgehead atoms. The molecule has 0 spiro atoms. The third-order valence-corrected chi connectivity index (χ3v) is 5.77. The minimum absolute atomic E-state index is 0.111. The first-order chi connectivity index (χ1) is 14.4. The van der Waals surface area contributed by atoms with Crippen molar-refractivity contribution >= 4 is 11.8 Å². The van der Waals surface area contributed by atoms with E-state index in [2.05, 4.69) is 82.1 Å². The van der Waals surface area contributed by atoms with Crippen LogP contribution in [0.25, 0.3) is 11.4 Å². The normalized spacial score (nSPS) is 11.7. The van der Waals surface area contributed by atoms with E-state index in [0.29, 0.717) is 24.0 Å². The van der Waals surface area contributed by atoms with Crippen molar-refractivity contribution in [3.8, 4) is 11.4 Å². The Morgan fingerprint density at radius 1 is 0.967 bits per heavy atom. The SMILES string of the molecule is Cc1nc(CSc2nnc(-c3ccc(C(C)(C)C)cc3)n2Cc2ccccc2)no1. The molecule has 30 heavy (non-hydrogen) atoms. The Morgan fingerprint density at radius 3 is 2.33 bits per heavy atom. The first kappa shape index (κ1) is 20.3. The molecule has 0 aliphatic carbocycles. The molecular formula is C23H25N5OS. The van der Waals surface area contributed by atoms with Crippen LogP contribution in [0.2, 0.25) is 0 Å². The predicted octanol–water partition coefficient (Wildman–Crippen LogP) is 5.27. The van der Waals surface area contributed by atoms with Gasteiger partial charge < -0.3 is 4.52 Å². The van der Waals surface area contributed by atoms with Gasteiger partial charge in [0, 0.05) is 12.5 Å². The van der Waals surface area contributed by atoms with Crippen LogP contribution in [0.1, 0.15) is 43.6 Å². The number of nitrogens with zero attached hydrogens (tertiary/aromatic N) is 5. The molecule has 2 aromatic heterocycles. The quantitative estimate of drug-likeness (QED) is 0.396. The van der Waals surface area contributed by atoms with E-state index < -0.39 is 0 Å². The van der Waals surface area contributed by atoms with Crippen molar-refractivity contribution in [1.29, 1.82) is 0 Å². The third kappa shape index (κ3) is 4.62. The molecule has 0 aliphatic heterocycles. The van der Waals surface area contributed by atoms with Crippen LogP contribution in [0.5, 0.6) is 0 Å². The summed E-state index contributed by atoms with van der Waals surface area (Å²) in [7, 11) is 0. The number of hydrogen-bond acceptors (Lipinski definition) is 6. The van der Waals surface area contributed by atoms with Crippen LogP contribution < -0.4 is 0 Å². The number of aromatic nitrogens is 5. The van der Waals surface area contributed by atoms with Crippen LogP contribution in [0.4, 0.5) is 0 Å². The average Bonchev–Trinajstić information content (AvgIpc) is 3.32. The Bertz CT molecular complexity index is 1110. The van der Waals surface area contributed by atoms with Gasteiger partial charge in [-0.3, -0.25) is 4.57 Å². The van der Waals surface area contributed by atoms with Crippen molar-refractivity contribution in [2.75, 3.05) is 0 Å². The van der Waals surface area contributed by atoms with Gasteiger partial charge in [-0.05, 0) is 16.5 Å². The molecule has 0 fully saturated rings. The fourth-order valence-corrected chi connectivity index (χ4v) is 3.95. The average molecular weight is 420 g/mol. The second kappa shape index (κ2) is 8.44. The zero-order valence-corrected chi connectivity index (χ0v) is 18.5. The molecular weight excluding hydrogens is 394 g/mol. The van der Waals surface area contributed by atoms with Gasteiger partial charge in [0.15, 0.2) is 16.8 Å². The van der Waals surface area contributed by atoms with Gasteiger partial charge in [-0.25, -0.2) is 0 Å².